The molecule has 0 aromatic heterocycles. The van der Waals surface area contributed by atoms with Crippen LogP contribution >= 0.6 is 0 Å². The summed E-state index contributed by atoms with van der Waals surface area (Å²) in [7, 11) is 0. The molecule has 4 nitrogen and oxygen atoms in total. The highest BCUT2D eigenvalue weighted by atomic mass is 16.2. The van der Waals surface area contributed by atoms with E-state index in [0.29, 0.717) is 6.54 Å². The summed E-state index contributed by atoms with van der Waals surface area (Å²) < 4.78 is 0. The number of nitrogens with two attached hydrogens (primary N) is 1. The molecule has 1 unspecified atom stereocenters. The lowest BCUT2D eigenvalue weighted by Gasteiger charge is -2.15. The van der Waals surface area contributed by atoms with Gasteiger partial charge in [-0.05, 0) is 37.1 Å². The molecule has 1 atom stereocenters. The van der Waals surface area contributed by atoms with Gasteiger partial charge in [0.1, 0.15) is 0 Å². The SMILES string of the molecule is Cc1ccc(C(C)NC(=O)Nc2cccc(CN)c2)cc1. The van der Waals surface area contributed by atoms with E-state index in [0.717, 1.165) is 16.8 Å². The first-order chi connectivity index (χ1) is 10.1. The van der Waals surface area contributed by atoms with Crippen molar-refractivity contribution < 1.29 is 4.79 Å². The van der Waals surface area contributed by atoms with Crippen LogP contribution < -0.4 is 16.4 Å². The molecule has 0 aliphatic rings. The molecule has 0 aliphatic carbocycles. The fraction of sp³-hybridized carbons (Fsp3) is 0.235. The molecule has 4 heteroatoms. The molecule has 0 bridgehead atoms. The highest BCUT2D eigenvalue weighted by Gasteiger charge is 2.09. The van der Waals surface area contributed by atoms with Gasteiger partial charge in [-0.1, -0.05) is 42.0 Å². The van der Waals surface area contributed by atoms with Gasteiger partial charge < -0.3 is 16.4 Å². The summed E-state index contributed by atoms with van der Waals surface area (Å²) in [5.41, 5.74) is 9.60. The second kappa shape index (κ2) is 6.90. The van der Waals surface area contributed by atoms with Crippen molar-refractivity contribution >= 4 is 11.7 Å². The Hall–Kier alpha value is -2.33. The first-order valence-electron chi connectivity index (χ1n) is 7.01. The van der Waals surface area contributed by atoms with Gasteiger partial charge in [0.25, 0.3) is 0 Å². The summed E-state index contributed by atoms with van der Waals surface area (Å²) in [4.78, 5) is 12.0. The third kappa shape index (κ3) is 4.33. The Morgan fingerprint density at radius 2 is 1.90 bits per heavy atom. The van der Waals surface area contributed by atoms with Crippen molar-refractivity contribution in [1.82, 2.24) is 5.32 Å². The molecule has 2 amide bonds. The molecule has 0 aliphatic heterocycles. The van der Waals surface area contributed by atoms with Crippen molar-refractivity contribution in [3.63, 3.8) is 0 Å². The van der Waals surface area contributed by atoms with E-state index in [4.69, 9.17) is 5.73 Å². The number of hydrogen-bond donors (Lipinski definition) is 3. The molecular weight excluding hydrogens is 262 g/mol. The van der Waals surface area contributed by atoms with Crippen LogP contribution in [0.1, 0.15) is 29.7 Å². The van der Waals surface area contributed by atoms with E-state index in [1.54, 1.807) is 0 Å². The average molecular weight is 283 g/mol. The second-order valence-corrected chi connectivity index (χ2v) is 5.14. The number of hydrogen-bond acceptors (Lipinski definition) is 2. The van der Waals surface area contributed by atoms with Gasteiger partial charge in [-0.3, -0.25) is 0 Å². The summed E-state index contributed by atoms with van der Waals surface area (Å²) in [6, 6.07) is 15.4. The first kappa shape index (κ1) is 15.1. The van der Waals surface area contributed by atoms with Crippen LogP contribution in [0.3, 0.4) is 0 Å². The van der Waals surface area contributed by atoms with Crippen molar-refractivity contribution in [3.8, 4) is 0 Å². The average Bonchev–Trinajstić information content (AvgIpc) is 2.47. The number of anilines is 1. The van der Waals surface area contributed by atoms with E-state index in [-0.39, 0.29) is 12.1 Å². The molecule has 0 fully saturated rings. The quantitative estimate of drug-likeness (QED) is 0.805. The lowest BCUT2D eigenvalue weighted by Crippen LogP contribution is -2.31. The Bertz CT molecular complexity index is 608. The first-order valence-corrected chi connectivity index (χ1v) is 7.01. The van der Waals surface area contributed by atoms with Crippen LogP contribution in [0.2, 0.25) is 0 Å². The van der Waals surface area contributed by atoms with Crippen LogP contribution in [0.5, 0.6) is 0 Å². The lowest BCUT2D eigenvalue weighted by atomic mass is 10.1. The van der Waals surface area contributed by atoms with Gasteiger partial charge in [-0.25, -0.2) is 4.79 Å². The van der Waals surface area contributed by atoms with E-state index in [1.807, 2.05) is 62.4 Å². The molecule has 2 aromatic rings. The largest absolute Gasteiger partial charge is 0.331 e. The third-order valence-electron chi connectivity index (χ3n) is 3.35. The molecule has 4 N–H and O–H groups in total. The summed E-state index contributed by atoms with van der Waals surface area (Å²) in [6.07, 6.45) is 0. The molecule has 0 saturated heterocycles. The van der Waals surface area contributed by atoms with Crippen molar-refractivity contribution in [2.24, 2.45) is 5.73 Å². The van der Waals surface area contributed by atoms with Crippen LogP contribution in [0.15, 0.2) is 48.5 Å². The van der Waals surface area contributed by atoms with Gasteiger partial charge in [0, 0.05) is 12.2 Å². The Labute approximate surface area is 125 Å². The highest BCUT2D eigenvalue weighted by molar-refractivity contribution is 5.89. The molecular formula is C17H21N3O. The standard InChI is InChI=1S/C17H21N3O/c1-12-6-8-15(9-7-12)13(2)19-17(21)20-16-5-3-4-14(10-16)11-18/h3-10,13H,11,18H2,1-2H3,(H2,19,20,21). The number of nitrogens with one attached hydrogen (secondary N) is 2. The Morgan fingerprint density at radius 1 is 1.19 bits per heavy atom. The van der Waals surface area contributed by atoms with Gasteiger partial charge >= 0.3 is 6.03 Å². The molecule has 0 radical (unpaired) electrons. The minimum Gasteiger partial charge on any atom is -0.331 e. The molecule has 0 saturated carbocycles. The van der Waals surface area contributed by atoms with Gasteiger partial charge in [-0.2, -0.15) is 0 Å². The minimum atomic E-state index is -0.225. The topological polar surface area (TPSA) is 67.2 Å². The van der Waals surface area contributed by atoms with Crippen molar-refractivity contribution in [2.75, 3.05) is 5.32 Å². The smallest absolute Gasteiger partial charge is 0.319 e. The molecule has 0 spiro atoms. The van der Waals surface area contributed by atoms with Crippen molar-refractivity contribution in [3.05, 3.63) is 65.2 Å². The molecule has 2 aromatic carbocycles. The van der Waals surface area contributed by atoms with Gasteiger partial charge in [0.05, 0.1) is 6.04 Å². The van der Waals surface area contributed by atoms with E-state index >= 15 is 0 Å². The van der Waals surface area contributed by atoms with Gasteiger partial charge in [0.15, 0.2) is 0 Å². The highest BCUT2D eigenvalue weighted by Crippen LogP contribution is 2.14. The predicted octanol–water partition coefficient (Wildman–Crippen LogP) is 3.34. The number of carbonyl (C=O) groups excluding carboxylic acids is 1. The Kier molecular flexibility index (Phi) is 4.95. The van der Waals surface area contributed by atoms with E-state index in [1.165, 1.54) is 5.56 Å². The summed E-state index contributed by atoms with van der Waals surface area (Å²) >= 11 is 0. The predicted molar refractivity (Wildman–Crippen MR) is 86.1 cm³/mol. The van der Waals surface area contributed by atoms with E-state index in [2.05, 4.69) is 10.6 Å². The Balaban J connectivity index is 1.96. The number of rotatable bonds is 4. The maximum absolute atomic E-state index is 12.0. The summed E-state index contributed by atoms with van der Waals surface area (Å²) in [6.45, 7) is 4.45. The molecule has 0 heterocycles. The molecule has 21 heavy (non-hydrogen) atoms. The second-order valence-electron chi connectivity index (χ2n) is 5.14. The maximum Gasteiger partial charge on any atom is 0.319 e. The van der Waals surface area contributed by atoms with E-state index < -0.39 is 0 Å². The summed E-state index contributed by atoms with van der Waals surface area (Å²) in [5, 5.41) is 5.74. The third-order valence-corrected chi connectivity index (χ3v) is 3.35. The van der Waals surface area contributed by atoms with E-state index in [9.17, 15) is 4.79 Å². The zero-order chi connectivity index (χ0) is 15.2. The molecule has 110 valence electrons. The summed E-state index contributed by atoms with van der Waals surface area (Å²) in [5.74, 6) is 0. The van der Waals surface area contributed by atoms with Crippen LogP contribution in [0.4, 0.5) is 10.5 Å². The van der Waals surface area contributed by atoms with Crippen LogP contribution in [0, 0.1) is 6.92 Å². The minimum absolute atomic E-state index is 0.0525. The monoisotopic (exact) mass is 283 g/mol. The number of urea groups is 1. The van der Waals surface area contributed by atoms with Gasteiger partial charge in [-0.15, -0.1) is 0 Å². The lowest BCUT2D eigenvalue weighted by molar-refractivity contribution is 0.249. The maximum atomic E-state index is 12.0. The van der Waals surface area contributed by atoms with Crippen LogP contribution in [-0.2, 0) is 6.54 Å². The van der Waals surface area contributed by atoms with Crippen LogP contribution in [0.25, 0.3) is 0 Å². The fourth-order valence-corrected chi connectivity index (χ4v) is 2.08. The zero-order valence-electron chi connectivity index (χ0n) is 12.4. The van der Waals surface area contributed by atoms with Gasteiger partial charge in [0.2, 0.25) is 0 Å². The number of carbonyl (C=O) groups is 1. The Morgan fingerprint density at radius 3 is 2.57 bits per heavy atom. The number of benzene rings is 2. The number of amides is 2. The normalized spacial score (nSPS) is 11.8. The number of aryl methyl sites for hydroxylation is 1. The zero-order valence-corrected chi connectivity index (χ0v) is 12.4. The van der Waals surface area contributed by atoms with Crippen molar-refractivity contribution in [2.45, 2.75) is 26.4 Å². The van der Waals surface area contributed by atoms with Crippen LogP contribution in [-0.4, -0.2) is 6.03 Å². The van der Waals surface area contributed by atoms with Crippen molar-refractivity contribution in [1.29, 1.82) is 0 Å². The fourth-order valence-electron chi connectivity index (χ4n) is 2.08. The molecule has 2 rings (SSSR count).